The Bertz CT molecular complexity index is 760. The zero-order chi connectivity index (χ0) is 17.5. The van der Waals surface area contributed by atoms with Crippen molar-refractivity contribution in [2.45, 2.75) is 12.5 Å². The SMILES string of the molecule is O=C(/C=C/c1ccc(Cl)cc1Cl)NC(Cc1ccccc1)C(=O)O. The van der Waals surface area contributed by atoms with E-state index in [0.717, 1.165) is 5.56 Å². The molecule has 24 heavy (non-hydrogen) atoms. The molecule has 0 bridgehead atoms. The number of hydrogen-bond donors (Lipinski definition) is 2. The molecule has 0 aliphatic carbocycles. The second-order valence-corrected chi connectivity index (χ2v) is 5.93. The molecule has 0 spiro atoms. The van der Waals surface area contributed by atoms with Gasteiger partial charge in [0.2, 0.25) is 5.91 Å². The molecule has 2 N–H and O–H groups in total. The molecule has 2 aromatic rings. The lowest BCUT2D eigenvalue weighted by atomic mass is 10.1. The fourth-order valence-corrected chi connectivity index (χ4v) is 2.54. The third-order valence-corrected chi connectivity index (χ3v) is 3.84. The number of nitrogens with one attached hydrogen (secondary N) is 1. The highest BCUT2D eigenvalue weighted by Gasteiger charge is 2.19. The van der Waals surface area contributed by atoms with Crippen LogP contribution in [0.5, 0.6) is 0 Å². The Hall–Kier alpha value is -2.30. The first-order valence-electron chi connectivity index (χ1n) is 7.16. The van der Waals surface area contributed by atoms with Crippen LogP contribution in [0.25, 0.3) is 6.08 Å². The van der Waals surface area contributed by atoms with Crippen LogP contribution in [0.2, 0.25) is 10.0 Å². The fraction of sp³-hybridized carbons (Fsp3) is 0.111. The third kappa shape index (κ3) is 5.41. The monoisotopic (exact) mass is 363 g/mol. The van der Waals surface area contributed by atoms with E-state index in [1.807, 2.05) is 30.3 Å². The van der Waals surface area contributed by atoms with E-state index < -0.39 is 17.9 Å². The number of aliphatic carboxylic acids is 1. The predicted octanol–water partition coefficient (Wildman–Crippen LogP) is 3.82. The molecular weight excluding hydrogens is 349 g/mol. The molecule has 0 aromatic heterocycles. The molecule has 0 heterocycles. The topological polar surface area (TPSA) is 66.4 Å². The minimum atomic E-state index is -1.09. The Kier molecular flexibility index (Phi) is 6.41. The van der Waals surface area contributed by atoms with Gasteiger partial charge in [0.1, 0.15) is 6.04 Å². The summed E-state index contributed by atoms with van der Waals surface area (Å²) in [5.74, 6) is -1.60. The number of hydrogen-bond acceptors (Lipinski definition) is 2. The maximum atomic E-state index is 12.0. The number of carboxylic acid groups (broad SMARTS) is 1. The van der Waals surface area contributed by atoms with Gasteiger partial charge in [-0.05, 0) is 29.3 Å². The minimum absolute atomic E-state index is 0.206. The average molecular weight is 364 g/mol. The summed E-state index contributed by atoms with van der Waals surface area (Å²) in [5, 5.41) is 12.6. The second kappa shape index (κ2) is 8.52. The van der Waals surface area contributed by atoms with Gasteiger partial charge in [-0.3, -0.25) is 4.79 Å². The van der Waals surface area contributed by atoms with Gasteiger partial charge in [0.25, 0.3) is 0 Å². The first-order valence-corrected chi connectivity index (χ1v) is 7.91. The zero-order valence-electron chi connectivity index (χ0n) is 12.6. The molecule has 0 fully saturated rings. The minimum Gasteiger partial charge on any atom is -0.480 e. The normalized spacial score (nSPS) is 12.1. The molecule has 1 amide bonds. The molecule has 0 aliphatic rings. The molecular formula is C18H15Cl2NO3. The van der Waals surface area contributed by atoms with Crippen molar-refractivity contribution >= 4 is 41.2 Å². The molecule has 1 atom stereocenters. The Morgan fingerprint density at radius 2 is 1.83 bits per heavy atom. The number of carbonyl (C=O) groups excluding carboxylic acids is 1. The lowest BCUT2D eigenvalue weighted by molar-refractivity contribution is -0.141. The van der Waals surface area contributed by atoms with E-state index in [-0.39, 0.29) is 6.42 Å². The van der Waals surface area contributed by atoms with Crippen LogP contribution in [-0.4, -0.2) is 23.0 Å². The van der Waals surface area contributed by atoms with Gasteiger partial charge < -0.3 is 10.4 Å². The molecule has 0 saturated carbocycles. The number of rotatable bonds is 6. The predicted molar refractivity (Wildman–Crippen MR) is 95.2 cm³/mol. The quantitative estimate of drug-likeness (QED) is 0.766. The number of carboxylic acids is 1. The standard InChI is InChI=1S/C18H15Cl2NO3/c19-14-8-6-13(15(20)11-14)7-9-17(22)21-16(18(23)24)10-12-4-2-1-3-5-12/h1-9,11,16H,10H2,(H,21,22)(H,23,24)/b9-7+. The van der Waals surface area contributed by atoms with Crippen molar-refractivity contribution in [3.63, 3.8) is 0 Å². The summed E-state index contributed by atoms with van der Waals surface area (Å²) in [6.45, 7) is 0. The fourth-order valence-electron chi connectivity index (χ4n) is 2.07. The van der Waals surface area contributed by atoms with E-state index in [2.05, 4.69) is 5.32 Å². The van der Waals surface area contributed by atoms with Crippen LogP contribution in [0.1, 0.15) is 11.1 Å². The number of carbonyl (C=O) groups is 2. The van der Waals surface area contributed by atoms with Crippen molar-refractivity contribution in [1.82, 2.24) is 5.32 Å². The Labute approximate surface area is 149 Å². The van der Waals surface area contributed by atoms with Gasteiger partial charge in [-0.15, -0.1) is 0 Å². The highest BCUT2D eigenvalue weighted by Crippen LogP contribution is 2.21. The molecule has 6 heteroatoms. The van der Waals surface area contributed by atoms with Crippen LogP contribution < -0.4 is 5.32 Å². The van der Waals surface area contributed by atoms with Crippen LogP contribution in [-0.2, 0) is 16.0 Å². The first kappa shape index (κ1) is 18.0. The van der Waals surface area contributed by atoms with Gasteiger partial charge >= 0.3 is 5.97 Å². The van der Waals surface area contributed by atoms with E-state index in [1.165, 1.54) is 12.2 Å². The molecule has 2 rings (SSSR count). The molecule has 2 aromatic carbocycles. The van der Waals surface area contributed by atoms with Crippen LogP contribution in [0.4, 0.5) is 0 Å². The van der Waals surface area contributed by atoms with Crippen molar-refractivity contribution in [1.29, 1.82) is 0 Å². The van der Waals surface area contributed by atoms with Crippen LogP contribution in [0, 0.1) is 0 Å². The van der Waals surface area contributed by atoms with E-state index in [9.17, 15) is 14.7 Å². The second-order valence-electron chi connectivity index (χ2n) is 5.09. The summed E-state index contributed by atoms with van der Waals surface area (Å²) >= 11 is 11.8. The molecule has 0 radical (unpaired) electrons. The smallest absolute Gasteiger partial charge is 0.326 e. The van der Waals surface area contributed by atoms with Gasteiger partial charge in [-0.25, -0.2) is 4.79 Å². The average Bonchev–Trinajstić information content (AvgIpc) is 2.54. The molecule has 4 nitrogen and oxygen atoms in total. The highest BCUT2D eigenvalue weighted by atomic mass is 35.5. The number of benzene rings is 2. The molecule has 0 aliphatic heterocycles. The summed E-state index contributed by atoms with van der Waals surface area (Å²) in [4.78, 5) is 23.3. The van der Waals surface area contributed by atoms with Crippen LogP contribution >= 0.6 is 23.2 Å². The maximum Gasteiger partial charge on any atom is 0.326 e. The summed E-state index contributed by atoms with van der Waals surface area (Å²) in [6.07, 6.45) is 2.96. The Balaban J connectivity index is 2.02. The van der Waals surface area contributed by atoms with Gasteiger partial charge in [-0.2, -0.15) is 0 Å². The number of halogens is 2. The lowest BCUT2D eigenvalue weighted by Crippen LogP contribution is -2.41. The van der Waals surface area contributed by atoms with E-state index >= 15 is 0 Å². The number of amides is 1. The largest absolute Gasteiger partial charge is 0.480 e. The van der Waals surface area contributed by atoms with Gasteiger partial charge in [0.15, 0.2) is 0 Å². The summed E-state index contributed by atoms with van der Waals surface area (Å²) < 4.78 is 0. The Morgan fingerprint density at radius 3 is 2.46 bits per heavy atom. The summed E-state index contributed by atoms with van der Waals surface area (Å²) in [6, 6.07) is 13.0. The van der Waals surface area contributed by atoms with Crippen molar-refractivity contribution < 1.29 is 14.7 Å². The van der Waals surface area contributed by atoms with Crippen molar-refractivity contribution in [3.05, 3.63) is 75.8 Å². The molecule has 1 unspecified atom stereocenters. The maximum absolute atomic E-state index is 12.0. The van der Waals surface area contributed by atoms with Crippen molar-refractivity contribution in [3.8, 4) is 0 Å². The zero-order valence-corrected chi connectivity index (χ0v) is 14.1. The van der Waals surface area contributed by atoms with E-state index in [0.29, 0.717) is 15.6 Å². The summed E-state index contributed by atoms with van der Waals surface area (Å²) in [7, 11) is 0. The van der Waals surface area contributed by atoms with Crippen molar-refractivity contribution in [2.24, 2.45) is 0 Å². The molecule has 0 saturated heterocycles. The van der Waals surface area contributed by atoms with Crippen molar-refractivity contribution in [2.75, 3.05) is 0 Å². The van der Waals surface area contributed by atoms with Crippen LogP contribution in [0.15, 0.2) is 54.6 Å². The van der Waals surface area contributed by atoms with E-state index in [1.54, 1.807) is 18.2 Å². The molecule has 124 valence electrons. The Morgan fingerprint density at radius 1 is 1.12 bits per heavy atom. The third-order valence-electron chi connectivity index (χ3n) is 3.27. The summed E-state index contributed by atoms with van der Waals surface area (Å²) in [5.41, 5.74) is 1.45. The van der Waals surface area contributed by atoms with Gasteiger partial charge in [0, 0.05) is 22.5 Å². The van der Waals surface area contributed by atoms with Gasteiger partial charge in [0.05, 0.1) is 0 Å². The van der Waals surface area contributed by atoms with Gasteiger partial charge in [-0.1, -0.05) is 59.6 Å². The first-order chi connectivity index (χ1) is 11.5. The van der Waals surface area contributed by atoms with Crippen LogP contribution in [0.3, 0.4) is 0 Å². The highest BCUT2D eigenvalue weighted by molar-refractivity contribution is 6.35. The lowest BCUT2D eigenvalue weighted by Gasteiger charge is -2.13. The van der Waals surface area contributed by atoms with E-state index in [4.69, 9.17) is 23.2 Å².